The van der Waals surface area contributed by atoms with Gasteiger partial charge in [-0.1, -0.05) is 18.5 Å². The highest BCUT2D eigenvalue weighted by molar-refractivity contribution is 6.31. The molecule has 0 amide bonds. The molecule has 0 aliphatic carbocycles. The summed E-state index contributed by atoms with van der Waals surface area (Å²) in [7, 11) is 1.93. The Morgan fingerprint density at radius 1 is 1.42 bits per heavy atom. The molecule has 0 saturated carbocycles. The van der Waals surface area contributed by atoms with Gasteiger partial charge >= 0.3 is 0 Å². The van der Waals surface area contributed by atoms with Crippen molar-refractivity contribution in [2.45, 2.75) is 25.8 Å². The fourth-order valence-electron chi connectivity index (χ4n) is 2.04. The summed E-state index contributed by atoms with van der Waals surface area (Å²) in [6.07, 6.45) is 9.36. The maximum Gasteiger partial charge on any atom is 0.0622 e. The van der Waals surface area contributed by atoms with Gasteiger partial charge in [-0.25, -0.2) is 0 Å². The van der Waals surface area contributed by atoms with Crippen LogP contribution in [-0.2, 0) is 13.5 Å². The van der Waals surface area contributed by atoms with Gasteiger partial charge < -0.3 is 5.32 Å². The summed E-state index contributed by atoms with van der Waals surface area (Å²) in [5, 5.41) is 8.50. The minimum absolute atomic E-state index is 0.230. The minimum Gasteiger partial charge on any atom is -0.310 e. The maximum absolute atomic E-state index is 6.18. The Hall–Kier alpha value is -1.39. The highest BCUT2D eigenvalue weighted by Crippen LogP contribution is 2.22. The van der Waals surface area contributed by atoms with Gasteiger partial charge in [0.25, 0.3) is 0 Å². The van der Waals surface area contributed by atoms with Gasteiger partial charge in [0.15, 0.2) is 0 Å². The summed E-state index contributed by atoms with van der Waals surface area (Å²) in [6, 6.07) is 2.20. The van der Waals surface area contributed by atoms with Crippen molar-refractivity contribution in [1.82, 2.24) is 20.1 Å². The number of pyridine rings is 1. The van der Waals surface area contributed by atoms with E-state index in [-0.39, 0.29) is 6.04 Å². The van der Waals surface area contributed by atoms with Gasteiger partial charge in [0, 0.05) is 37.2 Å². The zero-order valence-electron chi connectivity index (χ0n) is 11.3. The second-order valence-corrected chi connectivity index (χ2v) is 5.03. The average Bonchev–Trinajstić information content (AvgIpc) is 2.83. The highest BCUT2D eigenvalue weighted by atomic mass is 35.5. The Morgan fingerprint density at radius 2 is 2.26 bits per heavy atom. The third kappa shape index (κ3) is 3.78. The predicted molar refractivity (Wildman–Crippen MR) is 77.2 cm³/mol. The number of hydrogen-bond acceptors (Lipinski definition) is 3. The maximum atomic E-state index is 6.18. The number of nitrogens with zero attached hydrogens (tertiary/aromatic N) is 3. The van der Waals surface area contributed by atoms with Crippen LogP contribution < -0.4 is 5.32 Å². The zero-order valence-corrected chi connectivity index (χ0v) is 12.1. The second-order valence-electron chi connectivity index (χ2n) is 4.63. The zero-order chi connectivity index (χ0) is 13.7. The van der Waals surface area contributed by atoms with Crippen LogP contribution in [0.5, 0.6) is 0 Å². The number of nitrogens with one attached hydrogen (secondary N) is 1. The normalized spacial score (nSPS) is 12.6. The minimum atomic E-state index is 0.230. The summed E-state index contributed by atoms with van der Waals surface area (Å²) < 4.78 is 1.82. The Kier molecular flexibility index (Phi) is 4.93. The van der Waals surface area contributed by atoms with Gasteiger partial charge in [-0.2, -0.15) is 5.10 Å². The van der Waals surface area contributed by atoms with Gasteiger partial charge in [0.1, 0.15) is 0 Å². The van der Waals surface area contributed by atoms with Crippen LogP contribution in [0.1, 0.15) is 30.5 Å². The summed E-state index contributed by atoms with van der Waals surface area (Å²) in [6.45, 7) is 3.13. The highest BCUT2D eigenvalue weighted by Gasteiger charge is 2.14. The van der Waals surface area contributed by atoms with Crippen molar-refractivity contribution in [2.75, 3.05) is 6.54 Å². The molecular weight excluding hydrogens is 260 g/mol. The lowest BCUT2D eigenvalue weighted by Gasteiger charge is -2.17. The van der Waals surface area contributed by atoms with Crippen molar-refractivity contribution in [3.8, 4) is 0 Å². The molecule has 0 aliphatic heterocycles. The van der Waals surface area contributed by atoms with Crippen LogP contribution in [0.4, 0.5) is 0 Å². The fourth-order valence-corrected chi connectivity index (χ4v) is 2.23. The molecule has 0 spiro atoms. The molecule has 4 nitrogen and oxygen atoms in total. The van der Waals surface area contributed by atoms with E-state index in [0.29, 0.717) is 0 Å². The summed E-state index contributed by atoms with van der Waals surface area (Å²) in [5.74, 6) is 0. The van der Waals surface area contributed by atoms with Crippen molar-refractivity contribution in [3.63, 3.8) is 0 Å². The van der Waals surface area contributed by atoms with Crippen LogP contribution in [0.2, 0.25) is 5.02 Å². The molecule has 0 fully saturated rings. The van der Waals surface area contributed by atoms with E-state index in [1.54, 1.807) is 12.4 Å². The lowest BCUT2D eigenvalue weighted by atomic mass is 10.0. The summed E-state index contributed by atoms with van der Waals surface area (Å²) >= 11 is 6.18. The number of rotatable bonds is 6. The first kappa shape index (κ1) is 14.0. The number of aromatic nitrogens is 3. The van der Waals surface area contributed by atoms with Crippen LogP contribution in [-0.4, -0.2) is 21.3 Å². The molecular formula is C14H19ClN4. The summed E-state index contributed by atoms with van der Waals surface area (Å²) in [4.78, 5) is 4.02. The Balaban J connectivity index is 2.16. The quantitative estimate of drug-likeness (QED) is 0.883. The van der Waals surface area contributed by atoms with E-state index in [2.05, 4.69) is 22.3 Å². The third-order valence-electron chi connectivity index (χ3n) is 3.05. The van der Waals surface area contributed by atoms with E-state index in [1.165, 1.54) is 5.56 Å². The lowest BCUT2D eigenvalue weighted by Crippen LogP contribution is -2.24. The SMILES string of the molecule is CCCNC(Cc1ccncc1Cl)c1cnn(C)c1. The van der Waals surface area contributed by atoms with Crippen molar-refractivity contribution < 1.29 is 0 Å². The van der Waals surface area contributed by atoms with Crippen molar-refractivity contribution >= 4 is 11.6 Å². The molecule has 19 heavy (non-hydrogen) atoms. The van der Waals surface area contributed by atoms with Crippen LogP contribution in [0.25, 0.3) is 0 Å². The second kappa shape index (κ2) is 6.68. The van der Waals surface area contributed by atoms with Gasteiger partial charge in [-0.15, -0.1) is 0 Å². The lowest BCUT2D eigenvalue weighted by molar-refractivity contribution is 0.528. The molecule has 2 aromatic heterocycles. The first-order chi connectivity index (χ1) is 9.20. The molecule has 0 aliphatic rings. The van der Waals surface area contributed by atoms with E-state index < -0.39 is 0 Å². The smallest absolute Gasteiger partial charge is 0.0622 e. The number of hydrogen-bond donors (Lipinski definition) is 1. The van der Waals surface area contributed by atoms with E-state index >= 15 is 0 Å². The Morgan fingerprint density at radius 3 is 2.89 bits per heavy atom. The van der Waals surface area contributed by atoms with E-state index in [0.717, 1.165) is 30.0 Å². The molecule has 2 rings (SSSR count). The molecule has 102 valence electrons. The predicted octanol–water partition coefficient (Wildman–Crippen LogP) is 2.75. The molecule has 5 heteroatoms. The van der Waals surface area contributed by atoms with Crippen molar-refractivity contribution in [1.29, 1.82) is 0 Å². The molecule has 0 aromatic carbocycles. The number of halogens is 1. The van der Waals surface area contributed by atoms with Crippen LogP contribution >= 0.6 is 11.6 Å². The number of aryl methyl sites for hydroxylation is 1. The first-order valence-corrected chi connectivity index (χ1v) is 6.88. The van der Waals surface area contributed by atoms with Crippen LogP contribution in [0.3, 0.4) is 0 Å². The fraction of sp³-hybridized carbons (Fsp3) is 0.429. The van der Waals surface area contributed by atoms with E-state index in [1.807, 2.05) is 30.2 Å². The van der Waals surface area contributed by atoms with Gasteiger partial charge in [-0.05, 0) is 31.0 Å². The topological polar surface area (TPSA) is 42.7 Å². The molecule has 0 radical (unpaired) electrons. The molecule has 1 atom stereocenters. The Labute approximate surface area is 118 Å². The molecule has 2 aromatic rings. The molecule has 1 unspecified atom stereocenters. The van der Waals surface area contributed by atoms with Crippen molar-refractivity contribution in [3.05, 3.63) is 47.0 Å². The van der Waals surface area contributed by atoms with Gasteiger partial charge in [0.2, 0.25) is 0 Å². The van der Waals surface area contributed by atoms with Crippen LogP contribution in [0, 0.1) is 0 Å². The summed E-state index contributed by atoms with van der Waals surface area (Å²) in [5.41, 5.74) is 2.29. The molecule has 2 heterocycles. The van der Waals surface area contributed by atoms with Crippen molar-refractivity contribution in [2.24, 2.45) is 7.05 Å². The van der Waals surface area contributed by atoms with Gasteiger partial charge in [-0.3, -0.25) is 9.67 Å². The first-order valence-electron chi connectivity index (χ1n) is 6.51. The van der Waals surface area contributed by atoms with Crippen LogP contribution in [0.15, 0.2) is 30.9 Å². The van der Waals surface area contributed by atoms with Gasteiger partial charge in [0.05, 0.1) is 11.2 Å². The largest absolute Gasteiger partial charge is 0.310 e. The third-order valence-corrected chi connectivity index (χ3v) is 3.39. The Bertz CT molecular complexity index is 524. The molecule has 0 bridgehead atoms. The van der Waals surface area contributed by atoms with E-state index in [9.17, 15) is 0 Å². The molecule has 0 saturated heterocycles. The standard InChI is InChI=1S/C14H19ClN4/c1-3-5-17-14(12-8-18-19(2)10-12)7-11-4-6-16-9-13(11)15/h4,6,8-10,14,17H,3,5,7H2,1-2H3. The molecule has 1 N–H and O–H groups in total. The van der Waals surface area contributed by atoms with E-state index in [4.69, 9.17) is 11.6 Å². The average molecular weight is 279 g/mol. The monoisotopic (exact) mass is 278 g/mol.